The summed E-state index contributed by atoms with van der Waals surface area (Å²) in [6, 6.07) is 0. The number of aryl methyl sites for hydroxylation is 1. The lowest BCUT2D eigenvalue weighted by Gasteiger charge is -2.48. The average molecular weight is 328 g/mol. The number of piperidine rings is 1. The number of nitrogens with zero attached hydrogens (tertiary/aromatic N) is 6. The second-order valence-electron chi connectivity index (χ2n) is 6.85. The molecule has 2 aromatic rings. The number of anilines is 1. The zero-order valence-corrected chi connectivity index (χ0v) is 14.1. The molecule has 2 aromatic heterocycles. The minimum Gasteiger partial charge on any atom is -0.370 e. The highest BCUT2D eigenvalue weighted by molar-refractivity contribution is 5.36. The second kappa shape index (κ2) is 6.49. The number of rotatable bonds is 3. The summed E-state index contributed by atoms with van der Waals surface area (Å²) in [7, 11) is 1.96. The summed E-state index contributed by atoms with van der Waals surface area (Å²) in [6.45, 7) is 5.56. The minimum atomic E-state index is -0.101. The third-order valence-corrected chi connectivity index (χ3v) is 4.91. The smallest absolute Gasteiger partial charge is 0.147 e. The van der Waals surface area contributed by atoms with Crippen LogP contribution in [0, 0.1) is 0 Å². The Morgan fingerprint density at radius 2 is 2.17 bits per heavy atom. The minimum absolute atomic E-state index is 0.101. The zero-order valence-electron chi connectivity index (χ0n) is 14.1. The molecule has 0 amide bonds. The van der Waals surface area contributed by atoms with E-state index in [1.165, 1.54) is 5.56 Å². The van der Waals surface area contributed by atoms with Crippen LogP contribution in [-0.2, 0) is 18.3 Å². The van der Waals surface area contributed by atoms with Crippen molar-refractivity contribution < 1.29 is 4.74 Å². The van der Waals surface area contributed by atoms with Crippen LogP contribution in [0.4, 0.5) is 5.82 Å². The predicted octanol–water partition coefficient (Wildman–Crippen LogP) is 1.08. The van der Waals surface area contributed by atoms with E-state index in [1.807, 2.05) is 24.1 Å². The third-order valence-electron chi connectivity index (χ3n) is 4.91. The normalized spacial score (nSPS) is 25.3. The van der Waals surface area contributed by atoms with Crippen molar-refractivity contribution in [3.05, 3.63) is 36.5 Å². The summed E-state index contributed by atoms with van der Waals surface area (Å²) >= 11 is 0. The van der Waals surface area contributed by atoms with Gasteiger partial charge in [-0.05, 0) is 12.8 Å². The Morgan fingerprint density at radius 1 is 1.21 bits per heavy atom. The fraction of sp³-hybridized carbons (Fsp3) is 0.588. The summed E-state index contributed by atoms with van der Waals surface area (Å²) in [5.41, 5.74) is 1.16. The molecule has 0 saturated carbocycles. The Bertz CT molecular complexity index is 671. The van der Waals surface area contributed by atoms with Crippen molar-refractivity contribution in [3.8, 4) is 0 Å². The molecule has 2 aliphatic rings. The van der Waals surface area contributed by atoms with Gasteiger partial charge in [-0.1, -0.05) is 0 Å². The topological polar surface area (TPSA) is 59.3 Å². The first kappa shape index (κ1) is 15.5. The molecule has 2 saturated heterocycles. The zero-order chi connectivity index (χ0) is 16.4. The van der Waals surface area contributed by atoms with Crippen LogP contribution in [0.15, 0.2) is 31.0 Å². The molecule has 4 rings (SSSR count). The molecule has 0 unspecified atom stereocenters. The van der Waals surface area contributed by atoms with Gasteiger partial charge in [-0.25, -0.2) is 4.98 Å². The van der Waals surface area contributed by atoms with E-state index < -0.39 is 0 Å². The number of morpholine rings is 1. The van der Waals surface area contributed by atoms with Crippen molar-refractivity contribution in [3.63, 3.8) is 0 Å². The Balaban J connectivity index is 1.45. The van der Waals surface area contributed by atoms with Crippen LogP contribution in [0.3, 0.4) is 0 Å². The molecule has 4 heterocycles. The van der Waals surface area contributed by atoms with Crippen molar-refractivity contribution in [2.45, 2.75) is 25.0 Å². The highest BCUT2D eigenvalue weighted by Crippen LogP contribution is 2.31. The molecule has 2 fully saturated rings. The molecule has 0 aliphatic carbocycles. The first-order valence-electron chi connectivity index (χ1n) is 8.57. The molecule has 1 atom stereocenters. The molecule has 0 aromatic carbocycles. The van der Waals surface area contributed by atoms with Crippen molar-refractivity contribution in [2.75, 3.05) is 37.7 Å². The van der Waals surface area contributed by atoms with Crippen LogP contribution < -0.4 is 4.90 Å². The largest absolute Gasteiger partial charge is 0.370 e. The van der Waals surface area contributed by atoms with E-state index in [9.17, 15) is 0 Å². The molecular formula is C17H24N6O. The quantitative estimate of drug-likeness (QED) is 0.840. The Morgan fingerprint density at radius 3 is 2.96 bits per heavy atom. The lowest BCUT2D eigenvalue weighted by Crippen LogP contribution is -2.59. The van der Waals surface area contributed by atoms with E-state index in [0.29, 0.717) is 0 Å². The van der Waals surface area contributed by atoms with E-state index in [1.54, 1.807) is 12.4 Å². The van der Waals surface area contributed by atoms with Gasteiger partial charge in [0.05, 0.1) is 24.6 Å². The molecule has 128 valence electrons. The van der Waals surface area contributed by atoms with E-state index in [4.69, 9.17) is 4.74 Å². The fourth-order valence-corrected chi connectivity index (χ4v) is 3.87. The van der Waals surface area contributed by atoms with Crippen molar-refractivity contribution in [1.29, 1.82) is 0 Å². The van der Waals surface area contributed by atoms with Gasteiger partial charge in [0.2, 0.25) is 0 Å². The van der Waals surface area contributed by atoms with Gasteiger partial charge >= 0.3 is 0 Å². The van der Waals surface area contributed by atoms with Gasteiger partial charge in [0, 0.05) is 63.9 Å². The molecule has 24 heavy (non-hydrogen) atoms. The maximum Gasteiger partial charge on any atom is 0.147 e. The van der Waals surface area contributed by atoms with E-state index >= 15 is 0 Å². The summed E-state index contributed by atoms with van der Waals surface area (Å²) < 4.78 is 8.14. The van der Waals surface area contributed by atoms with Crippen molar-refractivity contribution in [2.24, 2.45) is 7.05 Å². The number of ether oxygens (including phenoxy) is 1. The van der Waals surface area contributed by atoms with Crippen LogP contribution in [0.1, 0.15) is 18.4 Å². The molecule has 1 spiro atoms. The Kier molecular flexibility index (Phi) is 4.20. The summed E-state index contributed by atoms with van der Waals surface area (Å²) in [5, 5.41) is 4.27. The number of aromatic nitrogens is 4. The molecule has 2 aliphatic heterocycles. The van der Waals surface area contributed by atoms with Crippen LogP contribution in [0.25, 0.3) is 0 Å². The molecule has 0 N–H and O–H groups in total. The maximum atomic E-state index is 6.28. The number of hydrogen-bond acceptors (Lipinski definition) is 6. The molecule has 7 nitrogen and oxygen atoms in total. The SMILES string of the molecule is Cn1cc(CN2CCO[C@]3(CCCN(c4cnccn4)C3)C2)cn1. The highest BCUT2D eigenvalue weighted by atomic mass is 16.5. The van der Waals surface area contributed by atoms with E-state index in [2.05, 4.69) is 31.1 Å². The van der Waals surface area contributed by atoms with Crippen LogP contribution in [0.5, 0.6) is 0 Å². The Hall–Kier alpha value is -1.99. The van der Waals surface area contributed by atoms with Gasteiger partial charge in [-0.3, -0.25) is 14.6 Å². The lowest BCUT2D eigenvalue weighted by atomic mass is 9.90. The van der Waals surface area contributed by atoms with Crippen LogP contribution in [0.2, 0.25) is 0 Å². The van der Waals surface area contributed by atoms with Crippen LogP contribution in [-0.4, -0.2) is 63.0 Å². The molecule has 0 radical (unpaired) electrons. The molecular weight excluding hydrogens is 304 g/mol. The van der Waals surface area contributed by atoms with E-state index in [-0.39, 0.29) is 5.60 Å². The summed E-state index contributed by atoms with van der Waals surface area (Å²) in [4.78, 5) is 13.5. The van der Waals surface area contributed by atoms with Gasteiger partial charge in [-0.2, -0.15) is 5.10 Å². The third kappa shape index (κ3) is 3.27. The first-order valence-corrected chi connectivity index (χ1v) is 8.57. The first-order chi connectivity index (χ1) is 11.7. The standard InChI is InChI=1S/C17H24N6O/c1-21-11-15(9-20-21)12-22-7-8-24-17(13-22)3-2-6-23(14-17)16-10-18-4-5-19-16/h4-5,9-11H,2-3,6-8,12-14H2,1H3/t17-/m1/s1. The Labute approximate surface area is 142 Å². The molecule has 0 bridgehead atoms. The maximum absolute atomic E-state index is 6.28. The van der Waals surface area contributed by atoms with Crippen molar-refractivity contribution >= 4 is 5.82 Å². The van der Waals surface area contributed by atoms with Gasteiger partial charge in [0.15, 0.2) is 0 Å². The summed E-state index contributed by atoms with van der Waals surface area (Å²) in [6.07, 6.45) is 11.6. The van der Waals surface area contributed by atoms with Gasteiger partial charge in [0.1, 0.15) is 5.82 Å². The monoisotopic (exact) mass is 328 g/mol. The van der Waals surface area contributed by atoms with Gasteiger partial charge < -0.3 is 9.64 Å². The molecule has 7 heteroatoms. The average Bonchev–Trinajstić information content (AvgIpc) is 3.01. The lowest BCUT2D eigenvalue weighted by molar-refractivity contribution is -0.116. The highest BCUT2D eigenvalue weighted by Gasteiger charge is 2.40. The van der Waals surface area contributed by atoms with Crippen molar-refractivity contribution in [1.82, 2.24) is 24.6 Å². The second-order valence-corrected chi connectivity index (χ2v) is 6.85. The fourth-order valence-electron chi connectivity index (χ4n) is 3.87. The van der Waals surface area contributed by atoms with Crippen LogP contribution >= 0.6 is 0 Å². The number of hydrogen-bond donors (Lipinski definition) is 0. The van der Waals surface area contributed by atoms with E-state index in [0.717, 1.165) is 58.0 Å². The van der Waals surface area contributed by atoms with Gasteiger partial charge in [0.25, 0.3) is 0 Å². The van der Waals surface area contributed by atoms with Gasteiger partial charge in [-0.15, -0.1) is 0 Å². The summed E-state index contributed by atoms with van der Waals surface area (Å²) in [5.74, 6) is 0.949. The predicted molar refractivity (Wildman–Crippen MR) is 90.6 cm³/mol.